The van der Waals surface area contributed by atoms with Gasteiger partial charge in [-0.2, -0.15) is 5.26 Å². The molecule has 5 nitrogen and oxygen atoms in total. The molecule has 6 heteroatoms. The van der Waals surface area contributed by atoms with Crippen LogP contribution in [0.1, 0.15) is 33.6 Å². The van der Waals surface area contributed by atoms with Gasteiger partial charge in [-0.05, 0) is 31.0 Å². The van der Waals surface area contributed by atoms with Gasteiger partial charge in [-0.3, -0.25) is 10.1 Å². The predicted molar refractivity (Wildman–Crippen MR) is 73.3 cm³/mol. The topological polar surface area (TPSA) is 76.2 Å². The summed E-state index contributed by atoms with van der Waals surface area (Å²) in [5.74, 6) is -0.497. The zero-order valence-corrected chi connectivity index (χ0v) is 13.0. The van der Waals surface area contributed by atoms with E-state index in [1.165, 1.54) is 0 Å². The van der Waals surface area contributed by atoms with Crippen molar-refractivity contribution in [1.82, 2.24) is 0 Å². The minimum absolute atomic E-state index is 0.169. The summed E-state index contributed by atoms with van der Waals surface area (Å²) >= 11 is 0. The SMILES string of the molecule is CC(C)(C)[Si](C)(C)OCCCC(C#N)C[N+](=O)[O-]. The molecular weight excluding hydrogens is 248 g/mol. The van der Waals surface area contributed by atoms with Gasteiger partial charge in [0.1, 0.15) is 5.92 Å². The summed E-state index contributed by atoms with van der Waals surface area (Å²) in [5, 5.41) is 19.3. The second-order valence-electron chi connectivity index (χ2n) is 6.09. The van der Waals surface area contributed by atoms with E-state index >= 15 is 0 Å². The molecule has 0 saturated carbocycles. The summed E-state index contributed by atoms with van der Waals surface area (Å²) in [7, 11) is -1.74. The van der Waals surface area contributed by atoms with Gasteiger partial charge in [-0.25, -0.2) is 0 Å². The highest BCUT2D eigenvalue weighted by molar-refractivity contribution is 6.74. The fraction of sp³-hybridized carbons (Fsp3) is 0.917. The number of nitro groups is 1. The molecule has 0 fully saturated rings. The van der Waals surface area contributed by atoms with Crippen LogP contribution in [0.15, 0.2) is 0 Å². The Morgan fingerprint density at radius 1 is 1.44 bits per heavy atom. The number of nitriles is 1. The first kappa shape index (κ1) is 17.1. The van der Waals surface area contributed by atoms with E-state index < -0.39 is 19.2 Å². The van der Waals surface area contributed by atoms with Crippen LogP contribution in [0.5, 0.6) is 0 Å². The normalized spacial score (nSPS) is 14.0. The molecule has 0 radical (unpaired) electrons. The molecule has 1 atom stereocenters. The van der Waals surface area contributed by atoms with E-state index in [9.17, 15) is 10.1 Å². The van der Waals surface area contributed by atoms with Crippen LogP contribution >= 0.6 is 0 Å². The lowest BCUT2D eigenvalue weighted by molar-refractivity contribution is -0.485. The first-order valence-electron chi connectivity index (χ1n) is 6.25. The van der Waals surface area contributed by atoms with Crippen molar-refractivity contribution >= 4 is 8.32 Å². The van der Waals surface area contributed by atoms with Crippen LogP contribution in [0.25, 0.3) is 0 Å². The van der Waals surface area contributed by atoms with Gasteiger partial charge in [-0.1, -0.05) is 20.8 Å². The van der Waals surface area contributed by atoms with Crippen LogP contribution in [-0.4, -0.2) is 26.4 Å². The van der Waals surface area contributed by atoms with Gasteiger partial charge in [0.15, 0.2) is 8.32 Å². The van der Waals surface area contributed by atoms with Crippen LogP contribution < -0.4 is 0 Å². The quantitative estimate of drug-likeness (QED) is 0.308. The lowest BCUT2D eigenvalue weighted by Gasteiger charge is -2.36. The van der Waals surface area contributed by atoms with Crippen molar-refractivity contribution in [2.45, 2.75) is 51.7 Å². The van der Waals surface area contributed by atoms with Crippen molar-refractivity contribution in [2.24, 2.45) is 5.92 Å². The number of nitrogens with zero attached hydrogens (tertiary/aromatic N) is 2. The van der Waals surface area contributed by atoms with Crippen LogP contribution in [0, 0.1) is 27.4 Å². The Morgan fingerprint density at radius 3 is 2.39 bits per heavy atom. The Labute approximate surface area is 110 Å². The minimum atomic E-state index is -1.74. The van der Waals surface area contributed by atoms with Crippen molar-refractivity contribution in [2.75, 3.05) is 13.2 Å². The zero-order valence-electron chi connectivity index (χ0n) is 12.0. The van der Waals surface area contributed by atoms with Crippen molar-refractivity contribution in [1.29, 1.82) is 5.26 Å². The highest BCUT2D eigenvalue weighted by atomic mass is 28.4. The van der Waals surface area contributed by atoms with Gasteiger partial charge < -0.3 is 4.43 Å². The maximum absolute atomic E-state index is 10.3. The second kappa shape index (κ2) is 6.85. The molecule has 0 aliphatic carbocycles. The molecule has 1 unspecified atom stereocenters. The molecule has 104 valence electrons. The Balaban J connectivity index is 4.00. The molecular formula is C12H24N2O3Si. The minimum Gasteiger partial charge on any atom is -0.417 e. The third-order valence-electron chi connectivity index (χ3n) is 3.52. The van der Waals surface area contributed by atoms with E-state index in [-0.39, 0.29) is 11.6 Å². The molecule has 0 N–H and O–H groups in total. The van der Waals surface area contributed by atoms with Crippen molar-refractivity contribution < 1.29 is 9.35 Å². The molecule has 0 heterocycles. The summed E-state index contributed by atoms with van der Waals surface area (Å²) in [6, 6.07) is 1.98. The van der Waals surface area contributed by atoms with Gasteiger partial charge in [0.25, 0.3) is 0 Å². The Kier molecular flexibility index (Phi) is 6.50. The monoisotopic (exact) mass is 272 g/mol. The fourth-order valence-corrected chi connectivity index (χ4v) is 2.34. The molecule has 0 rings (SSSR count). The van der Waals surface area contributed by atoms with Gasteiger partial charge in [0.2, 0.25) is 6.54 Å². The van der Waals surface area contributed by atoms with Crippen molar-refractivity contribution in [3.8, 4) is 6.07 Å². The third-order valence-corrected chi connectivity index (χ3v) is 8.06. The number of hydrogen-bond acceptors (Lipinski definition) is 4. The molecule has 0 bridgehead atoms. The molecule has 0 aromatic rings. The standard InChI is InChI=1S/C12H24N2O3Si/c1-12(2,3)18(4,5)17-8-6-7-11(9-13)10-14(15)16/h11H,6-8,10H2,1-5H3. The van der Waals surface area contributed by atoms with Crippen LogP contribution in [0.2, 0.25) is 18.1 Å². The summed E-state index contributed by atoms with van der Waals surface area (Å²) in [5.41, 5.74) is 0. The van der Waals surface area contributed by atoms with Crippen molar-refractivity contribution in [3.63, 3.8) is 0 Å². The van der Waals surface area contributed by atoms with Crippen molar-refractivity contribution in [3.05, 3.63) is 10.1 Å². The summed E-state index contributed by atoms with van der Waals surface area (Å²) in [6.07, 6.45) is 1.24. The van der Waals surface area contributed by atoms with Gasteiger partial charge in [0, 0.05) is 11.5 Å². The Bertz CT molecular complexity index is 318. The lowest BCUT2D eigenvalue weighted by atomic mass is 10.1. The highest BCUT2D eigenvalue weighted by Crippen LogP contribution is 2.36. The largest absolute Gasteiger partial charge is 0.417 e. The third kappa shape index (κ3) is 6.12. The van der Waals surface area contributed by atoms with Gasteiger partial charge in [-0.15, -0.1) is 0 Å². The second-order valence-corrected chi connectivity index (χ2v) is 10.9. The number of hydrogen-bond donors (Lipinski definition) is 0. The summed E-state index contributed by atoms with van der Waals surface area (Å²) in [6.45, 7) is 11.2. The van der Waals surface area contributed by atoms with E-state index in [1.807, 2.05) is 6.07 Å². The van der Waals surface area contributed by atoms with E-state index in [2.05, 4.69) is 33.9 Å². The van der Waals surface area contributed by atoms with E-state index in [1.54, 1.807) is 0 Å². The van der Waals surface area contributed by atoms with E-state index in [0.717, 1.165) is 0 Å². The maximum atomic E-state index is 10.3. The molecule has 0 spiro atoms. The fourth-order valence-electron chi connectivity index (χ4n) is 1.25. The Morgan fingerprint density at radius 2 is 2.00 bits per heavy atom. The first-order valence-corrected chi connectivity index (χ1v) is 9.16. The molecule has 0 saturated heterocycles. The number of rotatable bonds is 7. The van der Waals surface area contributed by atoms with Crippen LogP contribution in [-0.2, 0) is 4.43 Å². The molecule has 18 heavy (non-hydrogen) atoms. The van der Waals surface area contributed by atoms with Gasteiger partial charge >= 0.3 is 0 Å². The summed E-state index contributed by atoms with van der Waals surface area (Å²) in [4.78, 5) is 9.89. The van der Waals surface area contributed by atoms with Crippen LogP contribution in [0.3, 0.4) is 0 Å². The maximum Gasteiger partial charge on any atom is 0.219 e. The molecule has 0 amide bonds. The lowest BCUT2D eigenvalue weighted by Crippen LogP contribution is -2.41. The van der Waals surface area contributed by atoms with Crippen LogP contribution in [0.4, 0.5) is 0 Å². The van der Waals surface area contributed by atoms with E-state index in [4.69, 9.17) is 9.69 Å². The summed E-state index contributed by atoms with van der Waals surface area (Å²) < 4.78 is 5.95. The average molecular weight is 272 g/mol. The smallest absolute Gasteiger partial charge is 0.219 e. The molecule has 0 aromatic carbocycles. The average Bonchev–Trinajstić information content (AvgIpc) is 2.20. The first-order chi connectivity index (χ1) is 8.10. The molecule has 0 aliphatic rings. The van der Waals surface area contributed by atoms with Gasteiger partial charge in [0.05, 0.1) is 6.07 Å². The van der Waals surface area contributed by atoms with E-state index in [0.29, 0.717) is 19.4 Å². The zero-order chi connectivity index (χ0) is 14.4. The molecule has 0 aliphatic heterocycles. The Hall–Kier alpha value is -0.933. The predicted octanol–water partition coefficient (Wildman–Crippen LogP) is 3.20. The molecule has 0 aromatic heterocycles. The highest BCUT2D eigenvalue weighted by Gasteiger charge is 2.36.